The quantitative estimate of drug-likeness (QED) is 0.216. The minimum atomic E-state index is -3.34. The van der Waals surface area contributed by atoms with E-state index in [4.69, 9.17) is 14.2 Å². The molecular weight excluding hydrogens is 544 g/mol. The molecule has 2 aliphatic carbocycles. The minimum Gasteiger partial charge on any atom is -0.432 e. The Morgan fingerprint density at radius 1 is 0.857 bits per heavy atom. The SMILES string of the molecule is C/C=C/CCc1ccc(OC(F)(F)C2CCC(C3CCC(c4ccc(C5OCC(C)CO5)cc4F)CC3)CC2)cc1F. The zero-order valence-corrected chi connectivity index (χ0v) is 24.8. The molecule has 0 amide bonds. The molecule has 0 aromatic heterocycles. The van der Waals surface area contributed by atoms with Crippen molar-refractivity contribution in [1.29, 1.82) is 0 Å². The van der Waals surface area contributed by atoms with Gasteiger partial charge >= 0.3 is 6.11 Å². The number of hydrogen-bond acceptors (Lipinski definition) is 3. The van der Waals surface area contributed by atoms with Crippen molar-refractivity contribution in [2.75, 3.05) is 13.2 Å². The maximum absolute atomic E-state index is 15.1. The molecule has 0 bridgehead atoms. The number of hydrogen-bond donors (Lipinski definition) is 0. The van der Waals surface area contributed by atoms with Crippen molar-refractivity contribution in [2.45, 2.75) is 96.4 Å². The Labute approximate surface area is 247 Å². The third-order valence-corrected chi connectivity index (χ3v) is 9.58. The van der Waals surface area contributed by atoms with Gasteiger partial charge in [-0.15, -0.1) is 0 Å². The van der Waals surface area contributed by atoms with Gasteiger partial charge in [0, 0.05) is 17.5 Å². The first-order valence-electron chi connectivity index (χ1n) is 15.7. The first-order valence-corrected chi connectivity index (χ1v) is 15.7. The molecular formula is C35H44F4O3. The van der Waals surface area contributed by atoms with E-state index in [1.807, 2.05) is 31.2 Å². The number of allylic oxidation sites excluding steroid dienone is 2. The van der Waals surface area contributed by atoms with Gasteiger partial charge in [-0.05, 0) is 112 Å². The second-order valence-corrected chi connectivity index (χ2v) is 12.6. The van der Waals surface area contributed by atoms with Crippen molar-refractivity contribution >= 4 is 0 Å². The van der Waals surface area contributed by atoms with Crippen LogP contribution in [0.5, 0.6) is 5.75 Å². The molecule has 3 nitrogen and oxygen atoms in total. The third kappa shape index (κ3) is 7.57. The molecule has 2 aromatic rings. The van der Waals surface area contributed by atoms with E-state index < -0.39 is 24.1 Å². The van der Waals surface area contributed by atoms with Crippen LogP contribution in [-0.4, -0.2) is 19.3 Å². The van der Waals surface area contributed by atoms with Gasteiger partial charge in [0.1, 0.15) is 17.4 Å². The summed E-state index contributed by atoms with van der Waals surface area (Å²) in [6, 6.07) is 9.43. The molecule has 5 rings (SSSR count). The smallest absolute Gasteiger partial charge is 0.400 e. The minimum absolute atomic E-state index is 0.124. The molecule has 0 radical (unpaired) electrons. The molecule has 2 aromatic carbocycles. The van der Waals surface area contributed by atoms with Gasteiger partial charge in [0.05, 0.1) is 19.1 Å². The Balaban J connectivity index is 1.09. The van der Waals surface area contributed by atoms with Gasteiger partial charge in [0.25, 0.3) is 0 Å². The normalized spacial score (nSPS) is 29.1. The van der Waals surface area contributed by atoms with Crippen LogP contribution in [0, 0.1) is 35.3 Å². The predicted octanol–water partition coefficient (Wildman–Crippen LogP) is 9.91. The van der Waals surface area contributed by atoms with Crippen LogP contribution in [0.2, 0.25) is 0 Å². The van der Waals surface area contributed by atoms with Crippen LogP contribution in [-0.2, 0) is 15.9 Å². The van der Waals surface area contributed by atoms with Crippen molar-refractivity contribution in [3.63, 3.8) is 0 Å². The first kappa shape index (κ1) is 31.1. The van der Waals surface area contributed by atoms with Gasteiger partial charge in [0.2, 0.25) is 0 Å². The predicted molar refractivity (Wildman–Crippen MR) is 155 cm³/mol. The highest BCUT2D eigenvalue weighted by atomic mass is 19.3. The van der Waals surface area contributed by atoms with Crippen molar-refractivity contribution in [3.8, 4) is 5.75 Å². The number of benzene rings is 2. The summed E-state index contributed by atoms with van der Waals surface area (Å²) in [5.74, 6) is -0.314. The number of rotatable bonds is 9. The van der Waals surface area contributed by atoms with Crippen LogP contribution in [0.3, 0.4) is 0 Å². The fraction of sp³-hybridized carbons (Fsp3) is 0.600. The number of ether oxygens (including phenoxy) is 3. The Bertz CT molecular complexity index is 1190. The first-order chi connectivity index (χ1) is 20.2. The average molecular weight is 589 g/mol. The van der Waals surface area contributed by atoms with Gasteiger partial charge in [-0.3, -0.25) is 0 Å². The number of alkyl halides is 2. The van der Waals surface area contributed by atoms with Crippen LogP contribution in [0.25, 0.3) is 0 Å². The molecule has 3 fully saturated rings. The lowest BCUT2D eigenvalue weighted by molar-refractivity contribution is -0.224. The Hall–Kier alpha value is -2.38. The van der Waals surface area contributed by atoms with E-state index in [9.17, 15) is 4.39 Å². The maximum atomic E-state index is 15.1. The van der Waals surface area contributed by atoms with E-state index in [1.54, 1.807) is 6.07 Å². The largest absolute Gasteiger partial charge is 0.432 e. The molecule has 0 spiro atoms. The summed E-state index contributed by atoms with van der Waals surface area (Å²) in [5, 5.41) is 0. The van der Waals surface area contributed by atoms with Crippen LogP contribution in [0.15, 0.2) is 48.6 Å². The highest BCUT2D eigenvalue weighted by molar-refractivity contribution is 5.30. The zero-order chi connectivity index (χ0) is 29.7. The fourth-order valence-corrected chi connectivity index (χ4v) is 7.08. The van der Waals surface area contributed by atoms with Crippen molar-refractivity contribution < 1.29 is 31.8 Å². The van der Waals surface area contributed by atoms with Gasteiger partial charge in [-0.2, -0.15) is 8.78 Å². The molecule has 0 N–H and O–H groups in total. The molecule has 42 heavy (non-hydrogen) atoms. The van der Waals surface area contributed by atoms with Crippen molar-refractivity contribution in [2.24, 2.45) is 23.7 Å². The summed E-state index contributed by atoms with van der Waals surface area (Å²) in [6.45, 7) is 5.18. The molecule has 7 heteroatoms. The van der Waals surface area contributed by atoms with E-state index in [0.29, 0.717) is 62.2 Å². The zero-order valence-electron chi connectivity index (χ0n) is 24.8. The summed E-state index contributed by atoms with van der Waals surface area (Å²) in [7, 11) is 0. The standard InChI is InChI=1S/C35H44F4O3/c1-3-4-5-6-27-13-17-30(20-32(27)36)42-35(38,39)29-15-11-25(12-16-29)24-7-9-26(10-8-24)31-18-14-28(19-33(31)37)34-40-21-23(2)22-41-34/h3-4,13-14,17-20,23-26,29,34H,5-12,15-16,21-22H2,1-2H3/b4-3+. The Kier molecular flexibility index (Phi) is 10.3. The highest BCUT2D eigenvalue weighted by Gasteiger charge is 2.45. The Morgan fingerprint density at radius 2 is 1.52 bits per heavy atom. The number of halogens is 4. The summed E-state index contributed by atoms with van der Waals surface area (Å²) in [4.78, 5) is 0. The van der Waals surface area contributed by atoms with Crippen LogP contribution in [0.1, 0.15) is 101 Å². The third-order valence-electron chi connectivity index (χ3n) is 9.58. The lowest BCUT2D eigenvalue weighted by Crippen LogP contribution is -2.38. The highest BCUT2D eigenvalue weighted by Crippen LogP contribution is 2.47. The van der Waals surface area contributed by atoms with E-state index in [-0.39, 0.29) is 17.5 Å². The fourth-order valence-electron chi connectivity index (χ4n) is 7.08. The van der Waals surface area contributed by atoms with E-state index in [1.165, 1.54) is 12.1 Å². The molecule has 0 unspecified atom stereocenters. The summed E-state index contributed by atoms with van der Waals surface area (Å²) < 4.78 is 76.2. The van der Waals surface area contributed by atoms with Gasteiger partial charge in [-0.25, -0.2) is 8.78 Å². The average Bonchev–Trinajstić information content (AvgIpc) is 2.99. The topological polar surface area (TPSA) is 27.7 Å². The molecule has 1 aliphatic heterocycles. The summed E-state index contributed by atoms with van der Waals surface area (Å²) >= 11 is 0. The maximum Gasteiger partial charge on any atom is 0.400 e. The van der Waals surface area contributed by atoms with E-state index in [2.05, 4.69) is 6.92 Å². The van der Waals surface area contributed by atoms with Gasteiger partial charge < -0.3 is 14.2 Å². The van der Waals surface area contributed by atoms with Crippen LogP contribution >= 0.6 is 0 Å². The van der Waals surface area contributed by atoms with Crippen LogP contribution in [0.4, 0.5) is 17.6 Å². The number of aryl methyl sites for hydroxylation is 1. The second-order valence-electron chi connectivity index (χ2n) is 12.6. The van der Waals surface area contributed by atoms with Gasteiger partial charge in [-0.1, -0.05) is 37.3 Å². The van der Waals surface area contributed by atoms with Crippen molar-refractivity contribution in [3.05, 3.63) is 76.9 Å². The van der Waals surface area contributed by atoms with E-state index in [0.717, 1.165) is 55.7 Å². The van der Waals surface area contributed by atoms with Gasteiger partial charge in [0.15, 0.2) is 6.29 Å². The molecule has 230 valence electrons. The van der Waals surface area contributed by atoms with Crippen LogP contribution < -0.4 is 4.74 Å². The molecule has 0 atom stereocenters. The lowest BCUT2D eigenvalue weighted by Gasteiger charge is -2.39. The lowest BCUT2D eigenvalue weighted by atomic mass is 9.68. The summed E-state index contributed by atoms with van der Waals surface area (Å²) in [6.07, 6.45) is 7.27. The molecule has 2 saturated carbocycles. The molecule has 1 saturated heterocycles. The summed E-state index contributed by atoms with van der Waals surface area (Å²) in [5.41, 5.74) is 1.97. The van der Waals surface area contributed by atoms with E-state index >= 15 is 13.2 Å². The molecule has 3 aliphatic rings. The molecule has 1 heterocycles. The second kappa shape index (κ2) is 13.9. The Morgan fingerprint density at radius 3 is 2.14 bits per heavy atom. The monoisotopic (exact) mass is 588 g/mol. The van der Waals surface area contributed by atoms with Crippen molar-refractivity contribution in [1.82, 2.24) is 0 Å².